The second kappa shape index (κ2) is 6.98. The molecule has 0 aromatic heterocycles. The lowest BCUT2D eigenvalue weighted by molar-refractivity contribution is 0.0979. The molecule has 0 aliphatic heterocycles. The van der Waals surface area contributed by atoms with Crippen LogP contribution in [0.3, 0.4) is 0 Å². The molecule has 2 aromatic carbocycles. The first-order valence-corrected chi connectivity index (χ1v) is 6.84. The molecule has 110 valence electrons. The van der Waals surface area contributed by atoms with Crippen LogP contribution in [-0.2, 0) is 6.42 Å². The van der Waals surface area contributed by atoms with Crippen LogP contribution >= 0.6 is 0 Å². The molecule has 0 spiro atoms. The molecule has 0 bridgehead atoms. The number of hydrogen-bond acceptors (Lipinski definition) is 4. The summed E-state index contributed by atoms with van der Waals surface area (Å²) in [6.07, 6.45) is 2.47. The smallest absolute Gasteiger partial charge is 0.194 e. The first kappa shape index (κ1) is 15.9. The van der Waals surface area contributed by atoms with Crippen molar-refractivity contribution in [3.05, 3.63) is 82.9 Å². The van der Waals surface area contributed by atoms with Gasteiger partial charge in [0.15, 0.2) is 23.7 Å². The lowest BCUT2D eigenvalue weighted by Gasteiger charge is -2.17. The molecule has 0 radical (unpaired) electrons. The van der Waals surface area contributed by atoms with Crippen molar-refractivity contribution in [3.8, 4) is 12.1 Å². The van der Waals surface area contributed by atoms with Gasteiger partial charge in [-0.1, -0.05) is 42.5 Å². The van der Waals surface area contributed by atoms with E-state index in [1.165, 1.54) is 12.1 Å². The molecule has 3 rings (SSSR count). The molecular weight excluding hydrogens is 288 g/mol. The minimum atomic E-state index is -0.0737. The molecule has 0 saturated heterocycles. The van der Waals surface area contributed by atoms with Gasteiger partial charge in [0.25, 0.3) is 0 Å². The van der Waals surface area contributed by atoms with Gasteiger partial charge < -0.3 is 0 Å². The number of ketones is 2. The monoisotopic (exact) mass is 300 g/mol. The third-order valence-electron chi connectivity index (χ3n) is 3.42. The summed E-state index contributed by atoms with van der Waals surface area (Å²) in [5.41, 5.74) is 2.99. The molecule has 0 atom stereocenters. The van der Waals surface area contributed by atoms with Gasteiger partial charge in [-0.15, -0.1) is 6.58 Å². The Morgan fingerprint density at radius 1 is 0.870 bits per heavy atom. The van der Waals surface area contributed by atoms with Crippen LogP contribution in [0.5, 0.6) is 0 Å². The zero-order chi connectivity index (χ0) is 16.8. The van der Waals surface area contributed by atoms with E-state index in [2.05, 4.69) is 6.58 Å². The van der Waals surface area contributed by atoms with Crippen LogP contribution in [0.15, 0.2) is 55.1 Å². The van der Waals surface area contributed by atoms with E-state index in [1.807, 2.05) is 6.07 Å². The highest BCUT2D eigenvalue weighted by molar-refractivity contribution is 6.28. The standard InChI is InChI=1S/C17H12O2.C2N2/c1-2-5-11-8-9-14-15(10-11)17(19)13-7-4-3-6-12(13)16(14)18;3-1-2-4/h2-4,6-10H,1,5H2;. The summed E-state index contributed by atoms with van der Waals surface area (Å²) in [7, 11) is 0. The fraction of sp³-hybridized carbons (Fsp3) is 0.0526. The highest BCUT2D eigenvalue weighted by Gasteiger charge is 2.29. The van der Waals surface area contributed by atoms with Crippen LogP contribution in [0.25, 0.3) is 0 Å². The molecular formula is C19H12N2O2. The Morgan fingerprint density at radius 2 is 1.39 bits per heavy atom. The van der Waals surface area contributed by atoms with Crippen LogP contribution in [0.4, 0.5) is 0 Å². The predicted octanol–water partition coefficient (Wildman–Crippen LogP) is 3.22. The van der Waals surface area contributed by atoms with Crippen molar-refractivity contribution in [1.82, 2.24) is 0 Å². The van der Waals surface area contributed by atoms with Crippen LogP contribution in [-0.4, -0.2) is 11.6 Å². The van der Waals surface area contributed by atoms with Crippen molar-refractivity contribution in [2.75, 3.05) is 0 Å². The number of fused-ring (bicyclic) bond motifs is 2. The van der Waals surface area contributed by atoms with Crippen LogP contribution in [0.1, 0.15) is 37.4 Å². The van der Waals surface area contributed by atoms with E-state index in [0.29, 0.717) is 28.7 Å². The second-order valence-electron chi connectivity index (χ2n) is 4.80. The second-order valence-corrected chi connectivity index (χ2v) is 4.80. The SMILES string of the molecule is C=CCc1ccc2c(c1)C(=O)c1ccccc1C2=O.N#CC#N. The van der Waals surface area contributed by atoms with Crippen molar-refractivity contribution in [3.63, 3.8) is 0 Å². The highest BCUT2D eigenvalue weighted by Crippen LogP contribution is 2.27. The van der Waals surface area contributed by atoms with E-state index in [9.17, 15) is 9.59 Å². The van der Waals surface area contributed by atoms with E-state index in [0.717, 1.165) is 5.56 Å². The van der Waals surface area contributed by atoms with Gasteiger partial charge in [-0.05, 0) is 18.1 Å². The number of hydrogen-bond donors (Lipinski definition) is 0. The van der Waals surface area contributed by atoms with Gasteiger partial charge in [0.05, 0.1) is 0 Å². The molecule has 1 aliphatic carbocycles. The van der Waals surface area contributed by atoms with Crippen molar-refractivity contribution < 1.29 is 9.59 Å². The number of benzene rings is 2. The molecule has 2 aromatic rings. The van der Waals surface area contributed by atoms with E-state index >= 15 is 0 Å². The van der Waals surface area contributed by atoms with Gasteiger partial charge >= 0.3 is 0 Å². The molecule has 0 fully saturated rings. The lowest BCUT2D eigenvalue weighted by atomic mass is 9.83. The van der Waals surface area contributed by atoms with E-state index in [1.54, 1.807) is 42.5 Å². The Labute approximate surface area is 133 Å². The summed E-state index contributed by atoms with van der Waals surface area (Å²) in [5.74, 6) is -0.147. The van der Waals surface area contributed by atoms with Crippen LogP contribution < -0.4 is 0 Å². The Kier molecular flexibility index (Phi) is 4.82. The van der Waals surface area contributed by atoms with E-state index in [4.69, 9.17) is 10.5 Å². The molecule has 0 amide bonds. The van der Waals surface area contributed by atoms with Gasteiger partial charge in [0.1, 0.15) is 0 Å². The fourth-order valence-corrected chi connectivity index (χ4v) is 2.44. The molecule has 0 N–H and O–H groups in total. The van der Waals surface area contributed by atoms with E-state index < -0.39 is 0 Å². The Morgan fingerprint density at radius 3 is 1.91 bits per heavy atom. The summed E-state index contributed by atoms with van der Waals surface area (Å²) >= 11 is 0. The van der Waals surface area contributed by atoms with Crippen LogP contribution in [0, 0.1) is 22.7 Å². The van der Waals surface area contributed by atoms with Crippen molar-refractivity contribution in [1.29, 1.82) is 10.5 Å². The fourth-order valence-electron chi connectivity index (χ4n) is 2.44. The summed E-state index contributed by atoms with van der Waals surface area (Å²) in [6.45, 7) is 3.69. The quantitative estimate of drug-likeness (QED) is 0.680. The molecule has 0 unspecified atom stereocenters. The Hall–Kier alpha value is -3.50. The molecule has 0 heterocycles. The van der Waals surface area contributed by atoms with Gasteiger partial charge in [0, 0.05) is 22.3 Å². The lowest BCUT2D eigenvalue weighted by Crippen LogP contribution is -2.20. The molecule has 4 heteroatoms. The zero-order valence-corrected chi connectivity index (χ0v) is 12.2. The predicted molar refractivity (Wildman–Crippen MR) is 84.9 cm³/mol. The third-order valence-corrected chi connectivity index (χ3v) is 3.42. The average Bonchev–Trinajstić information content (AvgIpc) is 2.60. The topological polar surface area (TPSA) is 81.7 Å². The van der Waals surface area contributed by atoms with Crippen LogP contribution in [0.2, 0.25) is 0 Å². The normalized spacial score (nSPS) is 11.0. The van der Waals surface area contributed by atoms with Gasteiger partial charge in [0.2, 0.25) is 0 Å². The average molecular weight is 300 g/mol. The maximum Gasteiger partial charge on any atom is 0.194 e. The maximum absolute atomic E-state index is 12.4. The first-order chi connectivity index (χ1) is 11.1. The third kappa shape index (κ3) is 3.07. The Balaban J connectivity index is 0.000000433. The summed E-state index contributed by atoms with van der Waals surface area (Å²) < 4.78 is 0. The van der Waals surface area contributed by atoms with Crippen molar-refractivity contribution >= 4 is 11.6 Å². The minimum Gasteiger partial charge on any atom is -0.289 e. The first-order valence-electron chi connectivity index (χ1n) is 6.84. The molecule has 4 nitrogen and oxygen atoms in total. The Bertz CT molecular complexity index is 871. The summed E-state index contributed by atoms with van der Waals surface area (Å²) in [6, 6.07) is 14.9. The van der Waals surface area contributed by atoms with E-state index in [-0.39, 0.29) is 11.6 Å². The van der Waals surface area contributed by atoms with Crippen molar-refractivity contribution in [2.45, 2.75) is 6.42 Å². The summed E-state index contributed by atoms with van der Waals surface area (Å²) in [5, 5.41) is 14.5. The number of nitrogens with zero attached hydrogens (tertiary/aromatic N) is 2. The van der Waals surface area contributed by atoms with Gasteiger partial charge in [-0.25, -0.2) is 0 Å². The number of nitriles is 2. The molecule has 0 saturated carbocycles. The molecule has 23 heavy (non-hydrogen) atoms. The number of carbonyl (C=O) groups excluding carboxylic acids is 2. The maximum atomic E-state index is 12.4. The largest absolute Gasteiger partial charge is 0.289 e. The van der Waals surface area contributed by atoms with Gasteiger partial charge in [-0.3, -0.25) is 9.59 Å². The molecule has 1 aliphatic rings. The zero-order valence-electron chi connectivity index (χ0n) is 12.2. The highest BCUT2D eigenvalue weighted by atomic mass is 16.1. The minimum absolute atomic E-state index is 0.0730. The number of carbonyl (C=O) groups is 2. The van der Waals surface area contributed by atoms with Gasteiger partial charge in [-0.2, -0.15) is 10.5 Å². The number of rotatable bonds is 2. The summed E-state index contributed by atoms with van der Waals surface area (Å²) in [4.78, 5) is 24.8. The van der Waals surface area contributed by atoms with Crippen molar-refractivity contribution in [2.24, 2.45) is 0 Å². The number of allylic oxidation sites excluding steroid dienone is 1.